The van der Waals surface area contributed by atoms with E-state index in [9.17, 15) is 9.59 Å². The monoisotopic (exact) mass is 475 g/mol. The third kappa shape index (κ3) is 6.51. The molecule has 1 heterocycles. The molecule has 0 spiro atoms. The zero-order valence-corrected chi connectivity index (χ0v) is 18.9. The third-order valence-electron chi connectivity index (χ3n) is 4.89. The number of amides is 2. The van der Waals surface area contributed by atoms with Crippen LogP contribution in [0.2, 0.25) is 0 Å². The first-order valence-electron chi connectivity index (χ1n) is 9.80. The van der Waals surface area contributed by atoms with Gasteiger partial charge in [0.1, 0.15) is 0 Å². The molecule has 0 aliphatic carbocycles. The van der Waals surface area contributed by atoms with Crippen LogP contribution in [0.5, 0.6) is 0 Å². The van der Waals surface area contributed by atoms with Crippen LogP contribution in [-0.2, 0) is 9.59 Å². The van der Waals surface area contributed by atoms with Crippen molar-refractivity contribution in [1.82, 2.24) is 10.2 Å². The van der Waals surface area contributed by atoms with E-state index in [1.54, 1.807) is 0 Å². The second kappa shape index (κ2) is 10.7. The Bertz CT molecular complexity index is 809. The summed E-state index contributed by atoms with van der Waals surface area (Å²) in [4.78, 5) is 30.0. The summed E-state index contributed by atoms with van der Waals surface area (Å²) in [6, 6.07) is 18.2. The average molecular weight is 476 g/mol. The summed E-state index contributed by atoms with van der Waals surface area (Å²) in [7, 11) is 0. The molecule has 1 aliphatic rings. The normalized spacial score (nSPS) is 15.1. The fourth-order valence-corrected chi connectivity index (χ4v) is 4.37. The van der Waals surface area contributed by atoms with Crippen LogP contribution in [-0.4, -0.2) is 54.7 Å². The molecule has 1 N–H and O–H groups in total. The number of benzene rings is 2. The van der Waals surface area contributed by atoms with Gasteiger partial charge in [0, 0.05) is 54.2 Å². The number of anilines is 1. The molecule has 1 unspecified atom stereocenters. The Morgan fingerprint density at radius 3 is 2.34 bits per heavy atom. The van der Waals surface area contributed by atoms with Crippen LogP contribution in [0.15, 0.2) is 64.0 Å². The zero-order valence-electron chi connectivity index (χ0n) is 16.5. The molecule has 0 bridgehead atoms. The Labute approximate surface area is 185 Å². The summed E-state index contributed by atoms with van der Waals surface area (Å²) in [6.45, 7) is 5.37. The minimum atomic E-state index is -0.208. The van der Waals surface area contributed by atoms with E-state index < -0.39 is 0 Å². The second-order valence-corrected chi connectivity index (χ2v) is 9.29. The molecule has 2 aromatic carbocycles. The predicted molar refractivity (Wildman–Crippen MR) is 122 cm³/mol. The van der Waals surface area contributed by atoms with Gasteiger partial charge in [0.25, 0.3) is 0 Å². The standard InChI is InChI=1S/C22H26BrN3O2S/c1-17(29-20-9-7-18(23)8-10-20)22(28)24-12-11-21(27)26-15-13-25(14-16-26)19-5-3-2-4-6-19/h2-10,17H,11-16H2,1H3,(H,24,28). The number of nitrogens with one attached hydrogen (secondary N) is 1. The van der Waals surface area contributed by atoms with E-state index in [2.05, 4.69) is 38.3 Å². The lowest BCUT2D eigenvalue weighted by molar-refractivity contribution is -0.131. The van der Waals surface area contributed by atoms with Gasteiger partial charge in [-0.1, -0.05) is 34.1 Å². The first kappa shape index (κ1) is 21.7. The Morgan fingerprint density at radius 1 is 1.03 bits per heavy atom. The smallest absolute Gasteiger partial charge is 0.233 e. The Kier molecular flexibility index (Phi) is 8.00. The number of hydrogen-bond acceptors (Lipinski definition) is 4. The molecule has 2 amide bonds. The van der Waals surface area contributed by atoms with Gasteiger partial charge < -0.3 is 15.1 Å². The van der Waals surface area contributed by atoms with Gasteiger partial charge >= 0.3 is 0 Å². The van der Waals surface area contributed by atoms with Crippen molar-refractivity contribution in [2.45, 2.75) is 23.5 Å². The average Bonchev–Trinajstić information content (AvgIpc) is 2.76. The van der Waals surface area contributed by atoms with Crippen LogP contribution in [0, 0.1) is 0 Å². The van der Waals surface area contributed by atoms with Crippen LogP contribution >= 0.6 is 27.7 Å². The van der Waals surface area contributed by atoms with Crippen LogP contribution in [0.25, 0.3) is 0 Å². The van der Waals surface area contributed by atoms with Crippen molar-refractivity contribution in [3.8, 4) is 0 Å². The van der Waals surface area contributed by atoms with E-state index in [1.165, 1.54) is 17.4 Å². The highest BCUT2D eigenvalue weighted by atomic mass is 79.9. The van der Waals surface area contributed by atoms with Crippen molar-refractivity contribution in [3.05, 3.63) is 59.1 Å². The number of thioether (sulfide) groups is 1. The van der Waals surface area contributed by atoms with E-state index in [4.69, 9.17) is 0 Å². The van der Waals surface area contributed by atoms with Crippen molar-refractivity contribution in [2.75, 3.05) is 37.6 Å². The maximum absolute atomic E-state index is 12.5. The van der Waals surface area contributed by atoms with E-state index in [0.29, 0.717) is 13.0 Å². The zero-order chi connectivity index (χ0) is 20.6. The van der Waals surface area contributed by atoms with Gasteiger partial charge in [0.05, 0.1) is 5.25 Å². The van der Waals surface area contributed by atoms with Crippen molar-refractivity contribution in [2.24, 2.45) is 0 Å². The van der Waals surface area contributed by atoms with E-state index in [0.717, 1.165) is 35.5 Å². The van der Waals surface area contributed by atoms with Gasteiger partial charge in [0.2, 0.25) is 11.8 Å². The molecular weight excluding hydrogens is 450 g/mol. The molecule has 2 aromatic rings. The first-order valence-corrected chi connectivity index (χ1v) is 11.5. The maximum Gasteiger partial charge on any atom is 0.233 e. The van der Waals surface area contributed by atoms with Crippen LogP contribution < -0.4 is 10.2 Å². The molecule has 154 valence electrons. The van der Waals surface area contributed by atoms with Gasteiger partial charge in [-0.15, -0.1) is 11.8 Å². The largest absolute Gasteiger partial charge is 0.368 e. The number of rotatable bonds is 7. The topological polar surface area (TPSA) is 52.7 Å². The van der Waals surface area contributed by atoms with Crippen molar-refractivity contribution >= 4 is 45.2 Å². The number of hydrogen-bond donors (Lipinski definition) is 1. The minimum Gasteiger partial charge on any atom is -0.368 e. The molecule has 7 heteroatoms. The third-order valence-corrected chi connectivity index (χ3v) is 6.53. The first-order chi connectivity index (χ1) is 14.0. The van der Waals surface area contributed by atoms with Crippen LogP contribution in [0.1, 0.15) is 13.3 Å². The van der Waals surface area contributed by atoms with Crippen molar-refractivity contribution in [3.63, 3.8) is 0 Å². The summed E-state index contributed by atoms with van der Waals surface area (Å²) >= 11 is 4.92. The van der Waals surface area contributed by atoms with E-state index in [-0.39, 0.29) is 17.1 Å². The summed E-state index contributed by atoms with van der Waals surface area (Å²) in [5, 5.41) is 2.68. The Balaban J connectivity index is 1.36. The Morgan fingerprint density at radius 2 is 1.69 bits per heavy atom. The summed E-state index contributed by atoms with van der Waals surface area (Å²) in [5.41, 5.74) is 1.20. The molecule has 0 radical (unpaired) electrons. The quantitative estimate of drug-likeness (QED) is 0.618. The number of carbonyl (C=O) groups excluding carboxylic acids is 2. The molecule has 0 saturated carbocycles. The Hall–Kier alpha value is -1.99. The predicted octanol–water partition coefficient (Wildman–Crippen LogP) is 3.78. The van der Waals surface area contributed by atoms with Crippen molar-refractivity contribution < 1.29 is 9.59 Å². The van der Waals surface area contributed by atoms with Crippen LogP contribution in [0.3, 0.4) is 0 Å². The highest BCUT2D eigenvalue weighted by Crippen LogP contribution is 2.24. The SMILES string of the molecule is CC(Sc1ccc(Br)cc1)C(=O)NCCC(=O)N1CCN(c2ccccc2)CC1. The lowest BCUT2D eigenvalue weighted by Crippen LogP contribution is -2.49. The molecule has 1 aliphatic heterocycles. The second-order valence-electron chi connectivity index (χ2n) is 6.96. The molecule has 1 fully saturated rings. The molecule has 0 aromatic heterocycles. The highest BCUT2D eigenvalue weighted by Gasteiger charge is 2.21. The molecule has 29 heavy (non-hydrogen) atoms. The number of nitrogens with zero attached hydrogens (tertiary/aromatic N) is 2. The fourth-order valence-electron chi connectivity index (χ4n) is 3.22. The molecule has 1 atom stereocenters. The summed E-state index contributed by atoms with van der Waals surface area (Å²) in [6.07, 6.45) is 0.340. The van der Waals surface area contributed by atoms with Crippen molar-refractivity contribution in [1.29, 1.82) is 0 Å². The van der Waals surface area contributed by atoms with Gasteiger partial charge in [-0.2, -0.15) is 0 Å². The number of piperazine rings is 1. The minimum absolute atomic E-state index is 0.0420. The highest BCUT2D eigenvalue weighted by molar-refractivity contribution is 9.10. The molecule has 5 nitrogen and oxygen atoms in total. The summed E-state index contributed by atoms with van der Waals surface area (Å²) < 4.78 is 1.02. The molecule has 1 saturated heterocycles. The lowest BCUT2D eigenvalue weighted by Gasteiger charge is -2.36. The molecule has 3 rings (SSSR count). The van der Waals surface area contributed by atoms with Gasteiger partial charge in [-0.25, -0.2) is 0 Å². The maximum atomic E-state index is 12.5. The number of para-hydroxylation sites is 1. The number of carbonyl (C=O) groups is 2. The summed E-state index contributed by atoms with van der Waals surface area (Å²) in [5.74, 6) is 0.0610. The van der Waals surface area contributed by atoms with E-state index >= 15 is 0 Å². The van der Waals surface area contributed by atoms with Gasteiger partial charge in [-0.05, 0) is 43.3 Å². The lowest BCUT2D eigenvalue weighted by atomic mass is 10.2. The van der Waals surface area contributed by atoms with Gasteiger partial charge in [0.15, 0.2) is 0 Å². The van der Waals surface area contributed by atoms with E-state index in [1.807, 2.05) is 54.3 Å². The fraction of sp³-hybridized carbons (Fsp3) is 0.364. The van der Waals surface area contributed by atoms with Crippen LogP contribution in [0.4, 0.5) is 5.69 Å². The number of halogens is 1. The van der Waals surface area contributed by atoms with Gasteiger partial charge in [-0.3, -0.25) is 9.59 Å². The molecular formula is C22H26BrN3O2S.